The zero-order valence-electron chi connectivity index (χ0n) is 25.8. The maximum atomic E-state index is 4.38. The van der Waals surface area contributed by atoms with Crippen molar-refractivity contribution in [1.82, 2.24) is 0 Å². The first-order valence-electron chi connectivity index (χ1n) is 16.9. The van der Waals surface area contributed by atoms with Gasteiger partial charge in [0.2, 0.25) is 0 Å². The van der Waals surface area contributed by atoms with Gasteiger partial charge in [-0.25, -0.2) is 0 Å². The summed E-state index contributed by atoms with van der Waals surface area (Å²) >= 11 is 0. The van der Waals surface area contributed by atoms with E-state index in [4.69, 9.17) is 0 Å². The van der Waals surface area contributed by atoms with Crippen LogP contribution in [0.15, 0.2) is 36.5 Å². The summed E-state index contributed by atoms with van der Waals surface area (Å²) in [4.78, 5) is 0. The zero-order valence-corrected chi connectivity index (χ0v) is 25.8. The highest BCUT2D eigenvalue weighted by molar-refractivity contribution is 5.21. The standard InChI is InChI=1S/C38H60/c1-26(2)29-8-14-32(15-9-29)36-20-35(7)21-37(23-36,33-16-10-30(11-17-33)27(3)4)25-38(22-35,24-36)34-18-12-31(13-19-34)28(5)6/h29-34H,1,3,5,8-25H2,2,4,6-7H3. The van der Waals surface area contributed by atoms with Crippen molar-refractivity contribution in [3.8, 4) is 0 Å². The highest BCUT2D eigenvalue weighted by atomic mass is 14.7. The fourth-order valence-electron chi connectivity index (χ4n) is 13.3. The number of hydrogen-bond acceptors (Lipinski definition) is 0. The molecule has 0 aliphatic heterocycles. The van der Waals surface area contributed by atoms with Gasteiger partial charge in [0.25, 0.3) is 0 Å². The summed E-state index contributed by atoms with van der Waals surface area (Å²) < 4.78 is 0. The van der Waals surface area contributed by atoms with Crippen molar-refractivity contribution >= 4 is 0 Å². The molecule has 7 saturated carbocycles. The summed E-state index contributed by atoms with van der Waals surface area (Å²) in [5.74, 6) is 5.34. The Bertz CT molecular complexity index is 809. The van der Waals surface area contributed by atoms with E-state index in [0.717, 1.165) is 35.5 Å². The monoisotopic (exact) mass is 516 g/mol. The average molecular weight is 517 g/mol. The molecular weight excluding hydrogens is 456 g/mol. The van der Waals surface area contributed by atoms with Gasteiger partial charge in [0.05, 0.1) is 0 Å². The van der Waals surface area contributed by atoms with Crippen molar-refractivity contribution in [1.29, 1.82) is 0 Å². The predicted octanol–water partition coefficient (Wildman–Crippen LogP) is 11.5. The fourth-order valence-corrected chi connectivity index (χ4v) is 13.3. The van der Waals surface area contributed by atoms with E-state index in [9.17, 15) is 0 Å². The molecule has 0 aromatic heterocycles. The van der Waals surface area contributed by atoms with Crippen LogP contribution >= 0.6 is 0 Å². The van der Waals surface area contributed by atoms with E-state index < -0.39 is 0 Å². The number of hydrogen-bond donors (Lipinski definition) is 0. The normalized spacial score (nSPS) is 50.5. The summed E-state index contributed by atoms with van der Waals surface area (Å²) in [5, 5.41) is 0. The maximum absolute atomic E-state index is 4.38. The topological polar surface area (TPSA) is 0 Å². The van der Waals surface area contributed by atoms with Gasteiger partial charge in [-0.15, -0.1) is 0 Å². The molecule has 0 N–H and O–H groups in total. The van der Waals surface area contributed by atoms with E-state index in [-0.39, 0.29) is 0 Å². The second kappa shape index (κ2) is 9.65. The molecule has 4 bridgehead atoms. The lowest BCUT2D eigenvalue weighted by Crippen LogP contribution is -2.66. The third-order valence-electron chi connectivity index (χ3n) is 14.3. The minimum atomic E-state index is 0.594. The summed E-state index contributed by atoms with van der Waals surface area (Å²) in [6.07, 6.45) is 27.0. The van der Waals surface area contributed by atoms with Gasteiger partial charge in [0.1, 0.15) is 0 Å². The summed E-state index contributed by atoms with van der Waals surface area (Å²) in [5.41, 5.74) is 6.88. The first-order valence-corrected chi connectivity index (χ1v) is 16.9. The van der Waals surface area contributed by atoms with Crippen molar-refractivity contribution in [2.45, 2.75) is 143 Å². The van der Waals surface area contributed by atoms with E-state index in [2.05, 4.69) is 47.4 Å². The molecule has 0 unspecified atom stereocenters. The lowest BCUT2D eigenvalue weighted by molar-refractivity contribution is -0.253. The van der Waals surface area contributed by atoms with Crippen molar-refractivity contribution in [3.05, 3.63) is 36.5 Å². The Morgan fingerprint density at radius 1 is 0.421 bits per heavy atom. The lowest BCUT2D eigenvalue weighted by Gasteiger charge is -2.75. The van der Waals surface area contributed by atoms with Crippen LogP contribution in [0.2, 0.25) is 0 Å². The Kier molecular flexibility index (Phi) is 6.96. The number of allylic oxidation sites excluding steroid dienone is 3. The SMILES string of the molecule is C=C(C)C1CCC(C23CC4(C)CC(C5CCC(C(=C)C)CC5)(C2)CC(C2CCC(C(=C)C)CC2)(C4)C3)CC1. The molecule has 0 aromatic rings. The maximum Gasteiger partial charge on any atom is -0.0208 e. The van der Waals surface area contributed by atoms with Crippen LogP contribution in [0.25, 0.3) is 0 Å². The average Bonchev–Trinajstić information content (AvgIpc) is 2.87. The van der Waals surface area contributed by atoms with Gasteiger partial charge in [-0.1, -0.05) is 43.4 Å². The molecule has 0 nitrogen and oxygen atoms in total. The Labute approximate surface area is 236 Å². The molecule has 0 heteroatoms. The minimum Gasteiger partial charge on any atom is -0.0999 e. The van der Waals surface area contributed by atoms with Gasteiger partial charge in [0, 0.05) is 0 Å². The molecule has 0 aromatic carbocycles. The third-order valence-corrected chi connectivity index (χ3v) is 14.3. The Balaban J connectivity index is 1.33. The van der Waals surface area contributed by atoms with E-state index in [1.54, 1.807) is 38.5 Å². The molecule has 0 atom stereocenters. The van der Waals surface area contributed by atoms with Crippen LogP contribution in [-0.2, 0) is 0 Å². The zero-order chi connectivity index (χ0) is 26.9. The van der Waals surface area contributed by atoms with Gasteiger partial charge in [-0.2, -0.15) is 0 Å². The lowest BCUT2D eigenvalue weighted by atomic mass is 9.29. The molecular formula is C38H60. The highest BCUT2D eigenvalue weighted by Crippen LogP contribution is 2.80. The molecule has 38 heavy (non-hydrogen) atoms. The van der Waals surface area contributed by atoms with Crippen molar-refractivity contribution in [3.63, 3.8) is 0 Å². The quantitative estimate of drug-likeness (QED) is 0.308. The molecule has 0 saturated heterocycles. The van der Waals surface area contributed by atoms with Crippen molar-refractivity contribution in [2.24, 2.45) is 57.2 Å². The molecule has 7 aliphatic rings. The Morgan fingerprint density at radius 3 is 0.868 bits per heavy atom. The molecule has 212 valence electrons. The van der Waals surface area contributed by atoms with Gasteiger partial charge >= 0.3 is 0 Å². The van der Waals surface area contributed by atoms with Gasteiger partial charge in [0.15, 0.2) is 0 Å². The minimum absolute atomic E-state index is 0.594. The summed E-state index contributed by atoms with van der Waals surface area (Å²) in [6.45, 7) is 22.8. The Morgan fingerprint density at radius 2 is 0.658 bits per heavy atom. The molecule has 0 heterocycles. The van der Waals surface area contributed by atoms with Crippen LogP contribution in [0.4, 0.5) is 0 Å². The van der Waals surface area contributed by atoms with Crippen LogP contribution in [0.3, 0.4) is 0 Å². The van der Waals surface area contributed by atoms with Gasteiger partial charge < -0.3 is 0 Å². The molecule has 7 aliphatic carbocycles. The van der Waals surface area contributed by atoms with Crippen LogP contribution in [0.1, 0.15) is 143 Å². The van der Waals surface area contributed by atoms with Crippen LogP contribution < -0.4 is 0 Å². The van der Waals surface area contributed by atoms with E-state index in [1.807, 2.05) is 0 Å². The third kappa shape index (κ3) is 4.55. The molecule has 0 radical (unpaired) electrons. The second-order valence-corrected chi connectivity index (χ2v) is 17.1. The molecule has 0 spiro atoms. The summed E-state index contributed by atoms with van der Waals surface area (Å²) in [6, 6.07) is 0. The Hall–Kier alpha value is -0.780. The van der Waals surface area contributed by atoms with Crippen LogP contribution in [0.5, 0.6) is 0 Å². The first-order chi connectivity index (χ1) is 18.0. The largest absolute Gasteiger partial charge is 0.0999 e. The fraction of sp³-hybridized carbons (Fsp3) is 0.842. The van der Waals surface area contributed by atoms with Crippen molar-refractivity contribution in [2.75, 3.05) is 0 Å². The van der Waals surface area contributed by atoms with E-state index in [0.29, 0.717) is 21.7 Å². The van der Waals surface area contributed by atoms with Crippen LogP contribution in [0, 0.1) is 57.2 Å². The van der Waals surface area contributed by atoms with Gasteiger partial charge in [-0.3, -0.25) is 0 Å². The van der Waals surface area contributed by atoms with Crippen LogP contribution in [-0.4, -0.2) is 0 Å². The van der Waals surface area contributed by atoms with E-state index in [1.165, 1.54) is 93.8 Å². The first kappa shape index (κ1) is 27.4. The predicted molar refractivity (Wildman–Crippen MR) is 164 cm³/mol. The molecule has 7 rings (SSSR count). The van der Waals surface area contributed by atoms with E-state index >= 15 is 0 Å². The van der Waals surface area contributed by atoms with Gasteiger partial charge in [-0.05, 0) is 194 Å². The molecule has 7 fully saturated rings. The second-order valence-electron chi connectivity index (χ2n) is 17.1. The van der Waals surface area contributed by atoms with Crippen molar-refractivity contribution < 1.29 is 0 Å². The summed E-state index contributed by atoms with van der Waals surface area (Å²) in [7, 11) is 0. The number of rotatable bonds is 6. The molecule has 0 amide bonds. The highest BCUT2D eigenvalue weighted by Gasteiger charge is 2.70. The smallest absolute Gasteiger partial charge is 0.0208 e.